The first-order valence-electron chi connectivity index (χ1n) is 5.82. The van der Waals surface area contributed by atoms with Crippen molar-refractivity contribution in [3.63, 3.8) is 0 Å². The van der Waals surface area contributed by atoms with Gasteiger partial charge >= 0.3 is 0 Å². The molecule has 0 heterocycles. The molecule has 0 fully saturated rings. The first kappa shape index (κ1) is 12.9. The van der Waals surface area contributed by atoms with Crippen LogP contribution in [0.15, 0.2) is 54.6 Å². The molecule has 0 amide bonds. The van der Waals surface area contributed by atoms with Gasteiger partial charge in [-0.05, 0) is 23.3 Å². The highest BCUT2D eigenvalue weighted by molar-refractivity contribution is 6.18. The molecule has 0 radical (unpaired) electrons. The Morgan fingerprint density at radius 2 is 1.56 bits per heavy atom. The lowest BCUT2D eigenvalue weighted by Crippen LogP contribution is -2.18. The van der Waals surface area contributed by atoms with Crippen molar-refractivity contribution >= 4 is 11.6 Å². The maximum Gasteiger partial charge on any atom is 0.119 e. The van der Waals surface area contributed by atoms with Crippen LogP contribution in [0.3, 0.4) is 0 Å². The lowest BCUT2D eigenvalue weighted by molar-refractivity contribution is 0.125. The number of aliphatic hydroxyl groups excluding tert-OH is 1. The number of alkyl halides is 1. The van der Waals surface area contributed by atoms with Crippen molar-refractivity contribution in [2.24, 2.45) is 0 Å². The number of aliphatic hydroxyl groups is 1. The summed E-state index contributed by atoms with van der Waals surface area (Å²) in [5.74, 6) is 0.918. The number of rotatable bonds is 5. The molecule has 94 valence electrons. The molecule has 0 saturated heterocycles. The average Bonchev–Trinajstić information content (AvgIpc) is 2.46. The van der Waals surface area contributed by atoms with E-state index in [0.29, 0.717) is 0 Å². The van der Waals surface area contributed by atoms with Gasteiger partial charge in [-0.2, -0.15) is 0 Å². The van der Waals surface area contributed by atoms with Crippen molar-refractivity contribution in [3.8, 4) is 16.9 Å². The lowest BCUT2D eigenvalue weighted by atomic mass is 10.1. The van der Waals surface area contributed by atoms with E-state index in [4.69, 9.17) is 16.3 Å². The second kappa shape index (κ2) is 6.43. The second-order valence-corrected chi connectivity index (χ2v) is 4.32. The molecular weight excluding hydrogens is 248 g/mol. The van der Waals surface area contributed by atoms with Crippen LogP contribution in [0.2, 0.25) is 0 Å². The van der Waals surface area contributed by atoms with Gasteiger partial charge in [0.1, 0.15) is 18.5 Å². The zero-order valence-electron chi connectivity index (χ0n) is 9.92. The molecular formula is C15H15ClO2. The first-order valence-corrected chi connectivity index (χ1v) is 6.35. The number of hydrogen-bond donors (Lipinski definition) is 1. The molecule has 2 nitrogen and oxygen atoms in total. The molecule has 0 aliphatic rings. The largest absolute Gasteiger partial charge is 0.491 e. The number of benzene rings is 2. The van der Waals surface area contributed by atoms with E-state index in [9.17, 15) is 5.11 Å². The summed E-state index contributed by atoms with van der Waals surface area (Å²) in [4.78, 5) is 0. The van der Waals surface area contributed by atoms with Crippen LogP contribution >= 0.6 is 11.6 Å². The third-order valence-corrected chi connectivity index (χ3v) is 2.94. The monoisotopic (exact) mass is 262 g/mol. The summed E-state index contributed by atoms with van der Waals surface area (Å²) in [5.41, 5.74) is 2.31. The summed E-state index contributed by atoms with van der Waals surface area (Å²) in [6.07, 6.45) is -0.625. The van der Waals surface area contributed by atoms with Gasteiger partial charge in [-0.25, -0.2) is 0 Å². The molecule has 1 atom stereocenters. The SMILES string of the molecule is O[C@H](CCl)COc1ccc(-c2ccccc2)cc1. The highest BCUT2D eigenvalue weighted by Crippen LogP contribution is 2.22. The normalized spacial score (nSPS) is 12.1. The third kappa shape index (κ3) is 3.49. The Balaban J connectivity index is 2.02. The molecule has 18 heavy (non-hydrogen) atoms. The van der Waals surface area contributed by atoms with Crippen LogP contribution in [0.4, 0.5) is 0 Å². The van der Waals surface area contributed by atoms with Crippen LogP contribution in [0, 0.1) is 0 Å². The van der Waals surface area contributed by atoms with Crippen LogP contribution in [-0.4, -0.2) is 23.7 Å². The maximum absolute atomic E-state index is 9.29. The molecule has 0 aliphatic heterocycles. The van der Waals surface area contributed by atoms with Gasteiger partial charge in [-0.15, -0.1) is 11.6 Å². The van der Waals surface area contributed by atoms with E-state index >= 15 is 0 Å². The second-order valence-electron chi connectivity index (χ2n) is 4.01. The van der Waals surface area contributed by atoms with E-state index in [1.807, 2.05) is 42.5 Å². The molecule has 2 aromatic carbocycles. The summed E-state index contributed by atoms with van der Waals surface area (Å²) in [7, 11) is 0. The van der Waals surface area contributed by atoms with Crippen LogP contribution in [-0.2, 0) is 0 Å². The average molecular weight is 263 g/mol. The van der Waals surface area contributed by atoms with Crippen LogP contribution in [0.1, 0.15) is 0 Å². The minimum absolute atomic E-state index is 0.183. The summed E-state index contributed by atoms with van der Waals surface area (Å²) in [6, 6.07) is 17.9. The van der Waals surface area contributed by atoms with E-state index in [-0.39, 0.29) is 12.5 Å². The maximum atomic E-state index is 9.29. The summed E-state index contributed by atoms with van der Waals surface area (Å²) in [6.45, 7) is 0.216. The fraction of sp³-hybridized carbons (Fsp3) is 0.200. The van der Waals surface area contributed by atoms with Crippen molar-refractivity contribution in [1.29, 1.82) is 0 Å². The first-order chi connectivity index (χ1) is 8.79. The van der Waals surface area contributed by atoms with Crippen molar-refractivity contribution in [1.82, 2.24) is 0 Å². The molecule has 2 aromatic rings. The molecule has 0 spiro atoms. The van der Waals surface area contributed by atoms with E-state index in [0.717, 1.165) is 11.3 Å². The lowest BCUT2D eigenvalue weighted by Gasteiger charge is -2.10. The Hall–Kier alpha value is -1.51. The van der Waals surface area contributed by atoms with Crippen molar-refractivity contribution in [2.75, 3.05) is 12.5 Å². The van der Waals surface area contributed by atoms with E-state index in [1.165, 1.54) is 5.56 Å². The zero-order chi connectivity index (χ0) is 12.8. The third-order valence-electron chi connectivity index (χ3n) is 2.58. The highest BCUT2D eigenvalue weighted by atomic mass is 35.5. The molecule has 3 heteroatoms. The molecule has 0 saturated carbocycles. The molecule has 0 bridgehead atoms. The van der Waals surface area contributed by atoms with Crippen molar-refractivity contribution < 1.29 is 9.84 Å². The van der Waals surface area contributed by atoms with Crippen LogP contribution in [0.25, 0.3) is 11.1 Å². The van der Waals surface area contributed by atoms with Crippen LogP contribution in [0.5, 0.6) is 5.75 Å². The Morgan fingerprint density at radius 3 is 2.17 bits per heavy atom. The van der Waals surface area contributed by atoms with Gasteiger partial charge in [0.15, 0.2) is 0 Å². The number of ether oxygens (including phenoxy) is 1. The Kier molecular flexibility index (Phi) is 4.62. The standard InChI is InChI=1S/C15H15ClO2/c16-10-14(17)11-18-15-8-6-13(7-9-15)12-4-2-1-3-5-12/h1-9,14,17H,10-11H2/t14-/m1/s1. The summed E-state index contributed by atoms with van der Waals surface area (Å²) in [5, 5.41) is 9.29. The molecule has 2 rings (SSSR count). The molecule has 0 unspecified atom stereocenters. The minimum atomic E-state index is -0.625. The van der Waals surface area contributed by atoms with Gasteiger partial charge in [-0.3, -0.25) is 0 Å². The van der Waals surface area contributed by atoms with Gasteiger partial charge in [0, 0.05) is 0 Å². The minimum Gasteiger partial charge on any atom is -0.491 e. The quantitative estimate of drug-likeness (QED) is 0.838. The van der Waals surface area contributed by atoms with E-state index in [1.54, 1.807) is 0 Å². The predicted octanol–water partition coefficient (Wildman–Crippen LogP) is 3.33. The van der Waals surface area contributed by atoms with Crippen molar-refractivity contribution in [2.45, 2.75) is 6.10 Å². The van der Waals surface area contributed by atoms with Crippen LogP contribution < -0.4 is 4.74 Å². The van der Waals surface area contributed by atoms with Gasteiger partial charge < -0.3 is 9.84 Å². The fourth-order valence-electron chi connectivity index (χ4n) is 1.61. The number of hydrogen-bond acceptors (Lipinski definition) is 2. The highest BCUT2D eigenvalue weighted by Gasteiger charge is 2.03. The summed E-state index contributed by atoms with van der Waals surface area (Å²) < 4.78 is 5.42. The Labute approximate surface area is 112 Å². The molecule has 0 aliphatic carbocycles. The predicted molar refractivity (Wildman–Crippen MR) is 74.1 cm³/mol. The van der Waals surface area contributed by atoms with Gasteiger partial charge in [0.05, 0.1) is 5.88 Å². The fourth-order valence-corrected chi connectivity index (χ4v) is 1.70. The van der Waals surface area contributed by atoms with Gasteiger partial charge in [0.2, 0.25) is 0 Å². The number of halogens is 1. The molecule has 1 N–H and O–H groups in total. The smallest absolute Gasteiger partial charge is 0.119 e. The zero-order valence-corrected chi connectivity index (χ0v) is 10.7. The Bertz CT molecular complexity index is 468. The summed E-state index contributed by atoms with van der Waals surface area (Å²) >= 11 is 5.49. The van der Waals surface area contributed by atoms with E-state index < -0.39 is 6.10 Å². The topological polar surface area (TPSA) is 29.5 Å². The van der Waals surface area contributed by atoms with Gasteiger partial charge in [0.25, 0.3) is 0 Å². The van der Waals surface area contributed by atoms with Crippen molar-refractivity contribution in [3.05, 3.63) is 54.6 Å². The van der Waals surface area contributed by atoms with Gasteiger partial charge in [-0.1, -0.05) is 42.5 Å². The molecule has 0 aromatic heterocycles. The Morgan fingerprint density at radius 1 is 0.944 bits per heavy atom. The van der Waals surface area contributed by atoms with E-state index in [2.05, 4.69) is 12.1 Å².